The molecule has 10 heteroatoms. The number of alkyl halides is 3. The number of hydrogen-bond acceptors (Lipinski definition) is 4. The van der Waals surface area contributed by atoms with Crippen molar-refractivity contribution in [3.05, 3.63) is 112 Å². The van der Waals surface area contributed by atoms with Gasteiger partial charge in [0.1, 0.15) is 17.6 Å². The third-order valence-electron chi connectivity index (χ3n) is 6.22. The summed E-state index contributed by atoms with van der Waals surface area (Å²) in [6.07, 6.45) is -4.42. The van der Waals surface area contributed by atoms with Crippen molar-refractivity contribution < 1.29 is 37.0 Å². The van der Waals surface area contributed by atoms with Crippen LogP contribution in [-0.2, 0) is 22.1 Å². The number of phenolic OH excluding ortho intramolecular Hbond substituents is 1. The van der Waals surface area contributed by atoms with Crippen molar-refractivity contribution in [2.45, 2.75) is 18.6 Å². The van der Waals surface area contributed by atoms with E-state index < -0.39 is 35.5 Å². The number of phenols is 1. The van der Waals surface area contributed by atoms with Crippen LogP contribution in [0.25, 0.3) is 22.3 Å². The molecule has 0 bridgehead atoms. The number of aromatic hydroxyl groups is 1. The van der Waals surface area contributed by atoms with Crippen molar-refractivity contribution in [2.75, 3.05) is 7.11 Å². The Hall–Kier alpha value is -4.37. The number of carbonyl (C=O) groups is 2. The van der Waals surface area contributed by atoms with Gasteiger partial charge in [0.15, 0.2) is 0 Å². The van der Waals surface area contributed by atoms with Gasteiger partial charge in [-0.1, -0.05) is 54.1 Å². The molecule has 2 N–H and O–H groups in total. The Balaban J connectivity index is 1.52. The highest BCUT2D eigenvalue weighted by atomic mass is 35.5. The molecule has 0 saturated carbocycles. The van der Waals surface area contributed by atoms with Crippen LogP contribution in [0.15, 0.2) is 84.9 Å². The molecule has 0 radical (unpaired) electrons. The molecule has 1 unspecified atom stereocenters. The first-order chi connectivity index (χ1) is 19.0. The van der Waals surface area contributed by atoms with Gasteiger partial charge in [-0.25, -0.2) is 9.18 Å². The monoisotopic (exact) mass is 571 g/mol. The maximum absolute atomic E-state index is 13.5. The van der Waals surface area contributed by atoms with E-state index in [-0.39, 0.29) is 33.9 Å². The number of ether oxygens (including phenoxy) is 1. The fourth-order valence-electron chi connectivity index (χ4n) is 4.07. The van der Waals surface area contributed by atoms with Gasteiger partial charge in [0.05, 0.1) is 17.7 Å². The number of benzene rings is 4. The maximum atomic E-state index is 13.5. The van der Waals surface area contributed by atoms with Crippen LogP contribution in [0.2, 0.25) is 5.02 Å². The Kier molecular flexibility index (Phi) is 8.44. The van der Waals surface area contributed by atoms with E-state index in [1.807, 2.05) is 0 Å². The number of esters is 1. The maximum Gasteiger partial charge on any atom is 0.416 e. The van der Waals surface area contributed by atoms with Crippen LogP contribution >= 0.6 is 11.6 Å². The lowest BCUT2D eigenvalue weighted by molar-refractivity contribution is -0.143. The first kappa shape index (κ1) is 28.6. The van der Waals surface area contributed by atoms with Crippen LogP contribution in [-0.4, -0.2) is 30.1 Å². The minimum Gasteiger partial charge on any atom is -0.507 e. The summed E-state index contributed by atoms with van der Waals surface area (Å²) < 4.78 is 57.1. The molecule has 0 saturated heterocycles. The molecule has 4 aromatic rings. The molecule has 40 heavy (non-hydrogen) atoms. The largest absolute Gasteiger partial charge is 0.507 e. The zero-order chi connectivity index (χ0) is 29.0. The summed E-state index contributed by atoms with van der Waals surface area (Å²) in [5.41, 5.74) is 1.81. The Bertz CT molecular complexity index is 1540. The van der Waals surface area contributed by atoms with E-state index in [1.54, 1.807) is 30.3 Å². The quantitative estimate of drug-likeness (QED) is 0.184. The number of halogens is 5. The minimum atomic E-state index is -4.51. The van der Waals surface area contributed by atoms with Crippen molar-refractivity contribution in [3.63, 3.8) is 0 Å². The second kappa shape index (κ2) is 11.8. The highest BCUT2D eigenvalue weighted by molar-refractivity contribution is 6.31. The fourth-order valence-corrected chi connectivity index (χ4v) is 4.25. The molecule has 0 aliphatic carbocycles. The Morgan fingerprint density at radius 3 is 2.12 bits per heavy atom. The van der Waals surface area contributed by atoms with Gasteiger partial charge in [-0.3, -0.25) is 4.79 Å². The fraction of sp³-hybridized carbons (Fsp3) is 0.133. The normalized spacial score (nSPS) is 12.1. The average molecular weight is 572 g/mol. The third-order valence-corrected chi connectivity index (χ3v) is 6.51. The smallest absolute Gasteiger partial charge is 0.416 e. The summed E-state index contributed by atoms with van der Waals surface area (Å²) >= 11 is 5.87. The van der Waals surface area contributed by atoms with E-state index in [0.717, 1.165) is 17.7 Å². The summed E-state index contributed by atoms with van der Waals surface area (Å²) in [7, 11) is 1.19. The van der Waals surface area contributed by atoms with Crippen molar-refractivity contribution in [2.24, 2.45) is 0 Å². The molecule has 0 fully saturated rings. The summed E-state index contributed by atoms with van der Waals surface area (Å²) in [4.78, 5) is 25.5. The summed E-state index contributed by atoms with van der Waals surface area (Å²) in [5.74, 6) is -2.10. The van der Waals surface area contributed by atoms with Crippen LogP contribution in [0.4, 0.5) is 17.6 Å². The van der Waals surface area contributed by atoms with Crippen LogP contribution in [0.5, 0.6) is 5.75 Å². The van der Waals surface area contributed by atoms with E-state index >= 15 is 0 Å². The molecule has 0 spiro atoms. The van der Waals surface area contributed by atoms with E-state index in [2.05, 4.69) is 5.32 Å². The van der Waals surface area contributed by atoms with Crippen molar-refractivity contribution in [3.8, 4) is 28.0 Å². The van der Waals surface area contributed by atoms with Gasteiger partial charge in [-0.2, -0.15) is 13.2 Å². The first-order valence-electron chi connectivity index (χ1n) is 11.9. The molecule has 4 aromatic carbocycles. The van der Waals surface area contributed by atoms with Crippen molar-refractivity contribution in [1.82, 2.24) is 5.32 Å². The number of nitrogens with one attached hydrogen (secondary N) is 1. The first-order valence-corrected chi connectivity index (χ1v) is 12.3. The molecular formula is C30H22ClF4NO4. The lowest BCUT2D eigenvalue weighted by Gasteiger charge is -2.17. The van der Waals surface area contributed by atoms with Crippen LogP contribution < -0.4 is 5.32 Å². The molecule has 0 aliphatic heterocycles. The topological polar surface area (TPSA) is 75.6 Å². The zero-order valence-corrected chi connectivity index (χ0v) is 21.7. The molecule has 0 heterocycles. The van der Waals surface area contributed by atoms with Gasteiger partial charge < -0.3 is 15.2 Å². The van der Waals surface area contributed by atoms with Gasteiger partial charge >= 0.3 is 12.1 Å². The second-order valence-electron chi connectivity index (χ2n) is 8.89. The van der Waals surface area contributed by atoms with Crippen LogP contribution in [0, 0.1) is 5.82 Å². The highest BCUT2D eigenvalue weighted by Gasteiger charge is 2.30. The van der Waals surface area contributed by atoms with Gasteiger partial charge in [0.2, 0.25) is 0 Å². The predicted molar refractivity (Wildman–Crippen MR) is 142 cm³/mol. The Morgan fingerprint density at radius 1 is 0.900 bits per heavy atom. The zero-order valence-electron chi connectivity index (χ0n) is 20.9. The minimum absolute atomic E-state index is 0.00856. The van der Waals surface area contributed by atoms with E-state index in [4.69, 9.17) is 16.3 Å². The molecule has 1 amide bonds. The second-order valence-corrected chi connectivity index (χ2v) is 9.29. The molecule has 206 valence electrons. The van der Waals surface area contributed by atoms with Crippen LogP contribution in [0.3, 0.4) is 0 Å². The number of hydrogen-bond donors (Lipinski definition) is 2. The number of amides is 1. The molecule has 0 aromatic heterocycles. The standard InChI is InChI=1S/C30H22ClF4NO4/c1-40-29(39)26(14-17-2-4-18(5-3-17)20-8-12-25(32)24(31)16-20)36-28(38)21-9-13-27(37)23(15-21)19-6-10-22(11-7-19)30(33,34)35/h2-13,15-16,26,37H,14H2,1H3,(H,36,38). The summed E-state index contributed by atoms with van der Waals surface area (Å²) in [5, 5.41) is 12.9. The van der Waals surface area contributed by atoms with Gasteiger partial charge in [0.25, 0.3) is 5.91 Å². The SMILES string of the molecule is COC(=O)C(Cc1ccc(-c2ccc(F)c(Cl)c2)cc1)NC(=O)c1ccc(O)c(-c2ccc(C(F)(F)F)cc2)c1. The van der Waals surface area contributed by atoms with E-state index in [1.165, 1.54) is 49.6 Å². The molecule has 4 rings (SSSR count). The third kappa shape index (κ3) is 6.60. The summed E-state index contributed by atoms with van der Waals surface area (Å²) in [6.45, 7) is 0. The van der Waals surface area contributed by atoms with Gasteiger partial charge in [0, 0.05) is 17.5 Å². The molecular weight excluding hydrogens is 550 g/mol. The van der Waals surface area contributed by atoms with Crippen molar-refractivity contribution >= 4 is 23.5 Å². The van der Waals surface area contributed by atoms with Crippen LogP contribution in [0.1, 0.15) is 21.5 Å². The number of methoxy groups -OCH3 is 1. The van der Waals surface area contributed by atoms with E-state index in [0.29, 0.717) is 11.1 Å². The highest BCUT2D eigenvalue weighted by Crippen LogP contribution is 2.34. The van der Waals surface area contributed by atoms with E-state index in [9.17, 15) is 32.3 Å². The Morgan fingerprint density at radius 2 is 1.52 bits per heavy atom. The molecule has 5 nitrogen and oxygen atoms in total. The number of rotatable bonds is 7. The Labute approximate surface area is 232 Å². The molecule has 1 atom stereocenters. The van der Waals surface area contributed by atoms with Gasteiger partial charge in [-0.05, 0) is 64.7 Å². The lowest BCUT2D eigenvalue weighted by Crippen LogP contribution is -2.43. The van der Waals surface area contributed by atoms with Crippen molar-refractivity contribution in [1.29, 1.82) is 0 Å². The van der Waals surface area contributed by atoms with Gasteiger partial charge in [-0.15, -0.1) is 0 Å². The number of carbonyl (C=O) groups excluding carboxylic acids is 2. The molecule has 0 aliphatic rings. The summed E-state index contributed by atoms with van der Waals surface area (Å²) in [6, 6.07) is 18.4. The lowest BCUT2D eigenvalue weighted by atomic mass is 9.99. The predicted octanol–water partition coefficient (Wildman–Crippen LogP) is 7.05. The average Bonchev–Trinajstić information content (AvgIpc) is 2.94.